The molecule has 0 nitrogen and oxygen atoms in total. The van der Waals surface area contributed by atoms with E-state index in [1.807, 2.05) is 27.7 Å². The maximum atomic E-state index is 2.31. The van der Waals surface area contributed by atoms with E-state index in [-0.39, 0.29) is 96.5 Å². The third-order valence-corrected chi connectivity index (χ3v) is 9.89. The van der Waals surface area contributed by atoms with E-state index in [1.54, 1.807) is 0 Å². The van der Waals surface area contributed by atoms with Crippen LogP contribution in [0, 0.1) is 58.2 Å². The van der Waals surface area contributed by atoms with Crippen molar-refractivity contribution in [2.24, 2.45) is 58.2 Å². The molecule has 0 aliphatic heterocycles. The Balaban J connectivity index is -0.0000000192. The molecule has 77 heavy (non-hydrogen) atoms. The van der Waals surface area contributed by atoms with Crippen LogP contribution in [-0.4, -0.2) is 0 Å². The minimum Gasteiger partial charge on any atom is -0.0776 e. The highest BCUT2D eigenvalue weighted by molar-refractivity contribution is 4.82. The van der Waals surface area contributed by atoms with Crippen LogP contribution in [-0.2, 0) is 0 Å². The third-order valence-electron chi connectivity index (χ3n) is 9.89. The Morgan fingerprint density at radius 2 is 0.545 bits per heavy atom. The van der Waals surface area contributed by atoms with Crippen molar-refractivity contribution < 1.29 is 0 Å². The first kappa shape index (κ1) is 153. The lowest BCUT2D eigenvalue weighted by molar-refractivity contribution is 0.346. The largest absolute Gasteiger partial charge is 0.0776 e. The van der Waals surface area contributed by atoms with Gasteiger partial charge in [-0.2, -0.15) is 0 Å². The molecule has 2 atom stereocenters. The molecule has 5 rings (SSSR count). The summed E-state index contributed by atoms with van der Waals surface area (Å²) in [5.41, 5.74) is 1.25. The minimum absolute atomic E-state index is 0. The molecule has 5 saturated carbocycles. The quantitative estimate of drug-likeness (QED) is 0.213. The standard InChI is InChI=1S/C6H14.4C5H10.3C5H12.C4H8.3C4H10.C3H8.2C2H6.13CH4/c1-3-5-6-4-2;1-5(2)3-4-5;1-4-3-5(4)2;1-5-3-2-4-5;1-2-5-3-4-5;1-5(2,3)4;2*1-4-5(2)3;1-4-2-3-4;1-4(2)3;2*1-3-4-2;1-3-2;2*1-2;;;;;;;;;;;;;/h3-6H2,1-2H3;3-4H2,1-2H3;4-5H,3H2,1-2H3;2*5H,2-4H2,1H3;1-4H3;2*5H,4H2,1-3H3;4H,2-3H2,1H3;4H,1-3H3;2*3-4H2,1-2H3;3H2,1-2H3;2*1-2H3;13*1H4/t;;4-,5?;;;;;;;;;;;;;;;;;;;;;;;;;/m..1........................./s1. The molecule has 5 fully saturated rings. The van der Waals surface area contributed by atoms with E-state index in [2.05, 4.69) is 194 Å². The zero-order valence-corrected chi connectivity index (χ0v) is 53.2. The van der Waals surface area contributed by atoms with Gasteiger partial charge in [0.1, 0.15) is 0 Å². The van der Waals surface area contributed by atoms with Crippen molar-refractivity contribution in [3.05, 3.63) is 0 Å². The smallest absolute Gasteiger partial charge is 0.0354 e. The molecule has 0 spiro atoms. The Bertz CT molecular complexity index is 588. The third kappa shape index (κ3) is 360. The molecule has 0 heterocycles. The fourth-order valence-corrected chi connectivity index (χ4v) is 2.56. The van der Waals surface area contributed by atoms with Crippen molar-refractivity contribution in [2.75, 3.05) is 0 Å². The van der Waals surface area contributed by atoms with Crippen LogP contribution < -0.4 is 0 Å². The van der Waals surface area contributed by atoms with Gasteiger partial charge in [-0.3, -0.25) is 0 Å². The molecule has 0 amide bonds. The Morgan fingerprint density at radius 3 is 0.558 bits per heavy atom. The van der Waals surface area contributed by atoms with Crippen LogP contribution >= 0.6 is 0 Å². The summed E-state index contributed by atoms with van der Waals surface area (Å²) in [5, 5.41) is 0. The van der Waals surface area contributed by atoms with E-state index in [9.17, 15) is 0 Å². The fraction of sp³-hybridized carbons (Fsp3) is 1.00. The van der Waals surface area contributed by atoms with E-state index in [0.29, 0.717) is 5.41 Å². The molecule has 5 aliphatic rings. The van der Waals surface area contributed by atoms with Crippen molar-refractivity contribution in [3.8, 4) is 0 Å². The van der Waals surface area contributed by atoms with Crippen molar-refractivity contribution in [1.29, 1.82) is 0 Å². The van der Waals surface area contributed by atoms with Crippen molar-refractivity contribution >= 4 is 0 Å². The SMILES string of the molecule is C.C.C.C.C.C.C.C.C.C.C.C.C.CC.CC.CC(C)(C)C.CC(C)C.CC1(C)CC1.CC1CC1.CC1CCC1.CC1C[C@H]1C.CCC.CCC(C)C.CCC(C)C.CCC1CC1.CCCC.CCCC.CCCCCC. The lowest BCUT2D eigenvalue weighted by Crippen LogP contribution is -2.04. The average molecular weight is 1130 g/mol. The van der Waals surface area contributed by atoms with E-state index < -0.39 is 0 Å². The summed E-state index contributed by atoms with van der Waals surface area (Å²) in [4.78, 5) is 0. The van der Waals surface area contributed by atoms with E-state index in [0.717, 1.165) is 52.8 Å². The van der Waals surface area contributed by atoms with Gasteiger partial charge in [-0.1, -0.05) is 440 Å². The van der Waals surface area contributed by atoms with Crippen molar-refractivity contribution in [1.82, 2.24) is 0 Å². The molecule has 0 aromatic carbocycles. The number of rotatable bonds is 8. The molecular formula is C77H200. The van der Waals surface area contributed by atoms with Gasteiger partial charge in [-0.25, -0.2) is 0 Å². The highest BCUT2D eigenvalue weighted by atomic mass is 14.4. The zero-order valence-electron chi connectivity index (χ0n) is 53.2. The van der Waals surface area contributed by atoms with Gasteiger partial charge in [0.05, 0.1) is 0 Å². The van der Waals surface area contributed by atoms with Gasteiger partial charge in [0.2, 0.25) is 0 Å². The van der Waals surface area contributed by atoms with Crippen LogP contribution in [0.5, 0.6) is 0 Å². The van der Waals surface area contributed by atoms with Gasteiger partial charge in [-0.05, 0) is 77.4 Å². The average Bonchev–Trinajstić information content (AvgIpc) is 4.03. The van der Waals surface area contributed by atoms with Gasteiger partial charge in [0.25, 0.3) is 0 Å². The molecule has 508 valence electrons. The highest BCUT2D eigenvalue weighted by Gasteiger charge is 2.30. The predicted octanol–water partition coefficient (Wildman–Crippen LogP) is 34.3. The van der Waals surface area contributed by atoms with Gasteiger partial charge in [0.15, 0.2) is 0 Å². The molecule has 0 heteroatoms. The normalized spacial score (nSPS) is 14.1. The van der Waals surface area contributed by atoms with Gasteiger partial charge < -0.3 is 0 Å². The number of hydrogen-bond donors (Lipinski definition) is 0. The Kier molecular flexibility index (Phi) is 252. The van der Waals surface area contributed by atoms with Crippen LogP contribution in [0.4, 0.5) is 0 Å². The Morgan fingerprint density at radius 1 is 0.390 bits per heavy atom. The van der Waals surface area contributed by atoms with Crippen LogP contribution in [0.15, 0.2) is 0 Å². The lowest BCUT2D eigenvalue weighted by atomic mass is 9.88. The predicted molar refractivity (Wildman–Crippen MR) is 403 cm³/mol. The first-order chi connectivity index (χ1) is 29.7. The molecule has 0 N–H and O–H groups in total. The molecular weight excluding hydrogens is 925 g/mol. The van der Waals surface area contributed by atoms with E-state index in [4.69, 9.17) is 0 Å². The summed E-state index contributed by atoms with van der Waals surface area (Å²) in [5.74, 6) is 7.99. The second-order valence-electron chi connectivity index (χ2n) is 23.2. The van der Waals surface area contributed by atoms with E-state index in [1.165, 1.54) is 141 Å². The van der Waals surface area contributed by atoms with Gasteiger partial charge >= 0.3 is 0 Å². The van der Waals surface area contributed by atoms with Crippen molar-refractivity contribution in [2.45, 2.75) is 459 Å². The summed E-state index contributed by atoms with van der Waals surface area (Å²) in [7, 11) is 0. The van der Waals surface area contributed by atoms with E-state index >= 15 is 0 Å². The lowest BCUT2D eigenvalue weighted by Gasteiger charge is -2.18. The van der Waals surface area contributed by atoms with Gasteiger partial charge in [0, 0.05) is 0 Å². The molecule has 1 unspecified atom stereocenters. The number of unbranched alkanes of at least 4 members (excludes halogenated alkanes) is 5. The first-order valence-electron chi connectivity index (χ1n) is 29.7. The molecule has 0 aromatic rings. The van der Waals surface area contributed by atoms with Gasteiger partial charge in [-0.15, -0.1) is 0 Å². The second kappa shape index (κ2) is 127. The minimum atomic E-state index is 0. The van der Waals surface area contributed by atoms with Crippen LogP contribution in [0.2, 0.25) is 0 Å². The Labute approximate surface area is 515 Å². The summed E-state index contributed by atoms with van der Waals surface area (Å²) < 4.78 is 0. The second-order valence-corrected chi connectivity index (χ2v) is 23.2. The summed E-state index contributed by atoms with van der Waals surface area (Å²) in [6.45, 7) is 70.0. The van der Waals surface area contributed by atoms with Crippen molar-refractivity contribution in [3.63, 3.8) is 0 Å². The molecule has 0 bridgehead atoms. The first-order valence-corrected chi connectivity index (χ1v) is 29.7. The maximum Gasteiger partial charge on any atom is -0.0354 e. The topological polar surface area (TPSA) is 0 Å². The van der Waals surface area contributed by atoms with Crippen LogP contribution in [0.3, 0.4) is 0 Å². The molecule has 0 radical (unpaired) electrons. The molecule has 0 aromatic heterocycles. The molecule has 5 aliphatic carbocycles. The highest BCUT2D eigenvalue weighted by Crippen LogP contribution is 2.43. The monoisotopic (exact) mass is 1130 g/mol. The fourth-order valence-electron chi connectivity index (χ4n) is 2.56. The zero-order chi connectivity index (χ0) is 53.2. The Hall–Kier alpha value is 0. The summed E-state index contributed by atoms with van der Waals surface area (Å²) in [6, 6.07) is 0. The number of hydrogen-bond acceptors (Lipinski definition) is 0. The maximum absolute atomic E-state index is 2.31. The summed E-state index contributed by atoms with van der Waals surface area (Å²) in [6.07, 6.45) is 30.9. The summed E-state index contributed by atoms with van der Waals surface area (Å²) >= 11 is 0. The van der Waals surface area contributed by atoms with Crippen LogP contribution in [0.1, 0.15) is 459 Å². The molecule has 0 saturated heterocycles. The van der Waals surface area contributed by atoms with Crippen LogP contribution in [0.25, 0.3) is 0 Å².